The number of carbonyl (C=O) groups is 1. The summed E-state index contributed by atoms with van der Waals surface area (Å²) in [5.41, 5.74) is 0. The fourth-order valence-corrected chi connectivity index (χ4v) is 2.98. The molecular weight excluding hydrogens is 447 g/mol. The molecule has 1 aromatic rings. The van der Waals surface area contributed by atoms with E-state index in [0.717, 1.165) is 50.6 Å². The molecule has 0 bridgehead atoms. The second kappa shape index (κ2) is 13.0. The van der Waals surface area contributed by atoms with Gasteiger partial charge in [0.2, 0.25) is 5.91 Å². The fourth-order valence-electron chi connectivity index (χ4n) is 2.98. The lowest BCUT2D eigenvalue weighted by Gasteiger charge is -2.34. The molecule has 26 heavy (non-hydrogen) atoms. The lowest BCUT2D eigenvalue weighted by atomic mass is 9.93. The number of ether oxygens (including phenoxy) is 1. The van der Waals surface area contributed by atoms with E-state index in [9.17, 15) is 4.79 Å². The summed E-state index contributed by atoms with van der Waals surface area (Å²) in [6.07, 6.45) is 5.16. The molecule has 0 aliphatic carbocycles. The van der Waals surface area contributed by atoms with E-state index < -0.39 is 0 Å². The largest absolute Gasteiger partial charge is 0.469 e. The molecule has 1 aromatic heterocycles. The van der Waals surface area contributed by atoms with Gasteiger partial charge in [-0.15, -0.1) is 24.0 Å². The summed E-state index contributed by atoms with van der Waals surface area (Å²) in [5, 5.41) is 6.14. The number of hydrogen-bond donors (Lipinski definition) is 2. The Morgan fingerprint density at radius 2 is 2.19 bits per heavy atom. The second-order valence-electron chi connectivity index (χ2n) is 6.26. The van der Waals surface area contributed by atoms with Crippen LogP contribution in [0.5, 0.6) is 0 Å². The molecule has 0 spiro atoms. The molecule has 0 aromatic carbocycles. The van der Waals surface area contributed by atoms with E-state index in [1.165, 1.54) is 0 Å². The molecule has 2 N–H and O–H groups in total. The van der Waals surface area contributed by atoms with E-state index in [4.69, 9.17) is 9.15 Å². The predicted octanol–water partition coefficient (Wildman–Crippen LogP) is 1.88. The van der Waals surface area contributed by atoms with Crippen molar-refractivity contribution in [2.24, 2.45) is 10.9 Å². The number of furan rings is 1. The van der Waals surface area contributed by atoms with Crippen molar-refractivity contribution in [3.8, 4) is 0 Å². The smallest absolute Gasteiger partial charge is 0.220 e. The first-order chi connectivity index (χ1) is 12.2. The van der Waals surface area contributed by atoms with Crippen molar-refractivity contribution in [1.82, 2.24) is 15.5 Å². The molecule has 2 heterocycles. The van der Waals surface area contributed by atoms with Crippen LogP contribution in [0.15, 0.2) is 27.8 Å². The van der Waals surface area contributed by atoms with Crippen LogP contribution in [0.1, 0.15) is 25.0 Å². The van der Waals surface area contributed by atoms with Crippen LogP contribution < -0.4 is 10.6 Å². The summed E-state index contributed by atoms with van der Waals surface area (Å²) in [7, 11) is 3.38. The van der Waals surface area contributed by atoms with Crippen molar-refractivity contribution in [2.45, 2.75) is 25.7 Å². The average molecular weight is 478 g/mol. The Hall–Kier alpha value is -1.29. The summed E-state index contributed by atoms with van der Waals surface area (Å²) in [4.78, 5) is 18.5. The molecule has 1 amide bonds. The van der Waals surface area contributed by atoms with Gasteiger partial charge in [-0.3, -0.25) is 9.79 Å². The van der Waals surface area contributed by atoms with Crippen LogP contribution in [0.2, 0.25) is 0 Å². The van der Waals surface area contributed by atoms with Crippen LogP contribution in [0, 0.1) is 5.92 Å². The van der Waals surface area contributed by atoms with Crippen molar-refractivity contribution in [3.05, 3.63) is 24.2 Å². The van der Waals surface area contributed by atoms with Crippen molar-refractivity contribution in [2.75, 3.05) is 46.9 Å². The number of amides is 1. The maximum atomic E-state index is 11.5. The third-order valence-electron chi connectivity index (χ3n) is 4.46. The van der Waals surface area contributed by atoms with E-state index >= 15 is 0 Å². The molecule has 1 saturated heterocycles. The van der Waals surface area contributed by atoms with Gasteiger partial charge in [0, 0.05) is 46.6 Å². The number of guanidine groups is 1. The number of carbonyl (C=O) groups excluding carboxylic acids is 1. The van der Waals surface area contributed by atoms with Crippen molar-refractivity contribution >= 4 is 35.8 Å². The van der Waals surface area contributed by atoms with Gasteiger partial charge in [0.25, 0.3) is 0 Å². The summed E-state index contributed by atoms with van der Waals surface area (Å²) in [6, 6.07) is 3.88. The zero-order valence-electron chi connectivity index (χ0n) is 15.7. The molecule has 0 saturated carbocycles. The Kier molecular flexibility index (Phi) is 11.3. The van der Waals surface area contributed by atoms with Crippen LogP contribution in [0.3, 0.4) is 0 Å². The van der Waals surface area contributed by atoms with Crippen LogP contribution in [-0.2, 0) is 16.0 Å². The van der Waals surface area contributed by atoms with Gasteiger partial charge in [0.1, 0.15) is 5.76 Å². The first kappa shape index (κ1) is 22.8. The van der Waals surface area contributed by atoms with E-state index in [0.29, 0.717) is 25.5 Å². The highest BCUT2D eigenvalue weighted by Crippen LogP contribution is 2.20. The molecule has 8 heteroatoms. The number of aliphatic imine (C=N–C) groups is 1. The Morgan fingerprint density at radius 3 is 2.81 bits per heavy atom. The van der Waals surface area contributed by atoms with Gasteiger partial charge in [-0.05, 0) is 30.9 Å². The Morgan fingerprint density at radius 1 is 1.42 bits per heavy atom. The van der Waals surface area contributed by atoms with Gasteiger partial charge in [-0.1, -0.05) is 0 Å². The minimum absolute atomic E-state index is 0. The first-order valence-electron chi connectivity index (χ1n) is 8.98. The highest BCUT2D eigenvalue weighted by molar-refractivity contribution is 14.0. The van der Waals surface area contributed by atoms with Crippen LogP contribution in [0.4, 0.5) is 0 Å². The highest BCUT2D eigenvalue weighted by atomic mass is 127. The molecule has 1 aliphatic rings. The van der Waals surface area contributed by atoms with E-state index in [1.54, 1.807) is 20.4 Å². The first-order valence-corrected chi connectivity index (χ1v) is 8.98. The molecule has 2 rings (SSSR count). The number of nitrogens with zero attached hydrogens (tertiary/aromatic N) is 2. The molecule has 148 valence electrons. The lowest BCUT2D eigenvalue weighted by molar-refractivity contribution is -0.121. The van der Waals surface area contributed by atoms with E-state index in [-0.39, 0.29) is 29.9 Å². The summed E-state index contributed by atoms with van der Waals surface area (Å²) < 4.78 is 10.5. The van der Waals surface area contributed by atoms with Crippen molar-refractivity contribution in [3.63, 3.8) is 0 Å². The zero-order chi connectivity index (χ0) is 17.9. The Bertz CT molecular complexity index is 529. The van der Waals surface area contributed by atoms with Crippen LogP contribution >= 0.6 is 24.0 Å². The SMILES string of the molecule is CNC(=O)CC1CCN(C(=NCCOC)NCCc2ccco2)CC1.I. The molecule has 0 atom stereocenters. The van der Waals surface area contributed by atoms with Crippen molar-refractivity contribution in [1.29, 1.82) is 0 Å². The second-order valence-corrected chi connectivity index (χ2v) is 6.26. The standard InChI is InChI=1S/C18H30N4O3.HI/c1-19-17(23)14-15-6-10-22(11-7-15)18(21-9-13-24-2)20-8-5-16-4-3-12-25-16;/h3-4,12,15H,5-11,13-14H2,1-2H3,(H,19,23)(H,20,21);1H. The zero-order valence-corrected chi connectivity index (χ0v) is 18.0. The van der Waals surface area contributed by atoms with E-state index in [1.807, 2.05) is 12.1 Å². The maximum absolute atomic E-state index is 11.5. The quantitative estimate of drug-likeness (QED) is 0.258. The third kappa shape index (κ3) is 7.94. The molecule has 1 fully saturated rings. The van der Waals surface area contributed by atoms with Gasteiger partial charge in [0.05, 0.1) is 19.4 Å². The Balaban J connectivity index is 0.00000338. The monoisotopic (exact) mass is 478 g/mol. The van der Waals surface area contributed by atoms with Crippen molar-refractivity contribution < 1.29 is 13.9 Å². The molecule has 7 nitrogen and oxygen atoms in total. The minimum Gasteiger partial charge on any atom is -0.469 e. The van der Waals surface area contributed by atoms with Gasteiger partial charge in [-0.25, -0.2) is 0 Å². The molecule has 1 aliphatic heterocycles. The third-order valence-corrected chi connectivity index (χ3v) is 4.46. The number of piperidine rings is 1. The van der Waals surface area contributed by atoms with Gasteiger partial charge in [-0.2, -0.15) is 0 Å². The van der Waals surface area contributed by atoms with Gasteiger partial charge < -0.3 is 24.7 Å². The van der Waals surface area contributed by atoms with Gasteiger partial charge in [0.15, 0.2) is 5.96 Å². The average Bonchev–Trinajstić information content (AvgIpc) is 3.14. The fraction of sp³-hybridized carbons (Fsp3) is 0.667. The number of nitrogens with one attached hydrogen (secondary N) is 2. The maximum Gasteiger partial charge on any atom is 0.220 e. The number of rotatable bonds is 8. The van der Waals surface area contributed by atoms with Crippen LogP contribution in [-0.4, -0.2) is 63.7 Å². The number of halogens is 1. The summed E-state index contributed by atoms with van der Waals surface area (Å²) in [5.74, 6) is 2.47. The lowest BCUT2D eigenvalue weighted by Crippen LogP contribution is -2.46. The summed E-state index contributed by atoms with van der Waals surface area (Å²) in [6.45, 7) is 3.86. The normalized spacial score (nSPS) is 15.5. The number of methoxy groups -OCH3 is 1. The van der Waals surface area contributed by atoms with Gasteiger partial charge >= 0.3 is 0 Å². The topological polar surface area (TPSA) is 79.1 Å². The minimum atomic E-state index is 0. The highest BCUT2D eigenvalue weighted by Gasteiger charge is 2.23. The Labute approximate surface area is 173 Å². The van der Waals surface area contributed by atoms with Crippen LogP contribution in [0.25, 0.3) is 0 Å². The summed E-state index contributed by atoms with van der Waals surface area (Å²) >= 11 is 0. The predicted molar refractivity (Wildman–Crippen MR) is 113 cm³/mol. The number of hydrogen-bond acceptors (Lipinski definition) is 4. The molecular formula is C18H31IN4O3. The van der Waals surface area contributed by atoms with E-state index in [2.05, 4.69) is 20.5 Å². The number of likely N-dealkylation sites (tertiary alicyclic amines) is 1. The molecule has 0 radical (unpaired) electrons. The molecule has 0 unspecified atom stereocenters.